The molecule has 21 heteroatoms. The van der Waals surface area contributed by atoms with Crippen LogP contribution >= 0.6 is 0 Å². The Balaban J connectivity index is 1.26. The number of H-pyrrole nitrogens is 1. The fraction of sp³-hybridized carbons (Fsp3) is 0.577. The van der Waals surface area contributed by atoms with Gasteiger partial charge in [0.1, 0.15) is 41.7 Å². The van der Waals surface area contributed by atoms with Gasteiger partial charge in [0, 0.05) is 12.6 Å². The molecule has 0 saturated carbocycles. The van der Waals surface area contributed by atoms with Crippen LogP contribution in [-0.2, 0) is 32.0 Å². The van der Waals surface area contributed by atoms with Crippen LogP contribution in [0.3, 0.4) is 0 Å². The van der Waals surface area contributed by atoms with Crippen molar-refractivity contribution in [1.29, 1.82) is 0 Å². The number of rotatable bonds is 9. The molecule has 4 N–H and O–H groups in total. The third-order valence-electron chi connectivity index (χ3n) is 7.10. The van der Waals surface area contributed by atoms with Crippen molar-refractivity contribution in [2.24, 2.45) is 0 Å². The zero-order chi connectivity index (χ0) is 34.3. The molecule has 256 valence electrons. The van der Waals surface area contributed by atoms with Crippen molar-refractivity contribution in [3.05, 3.63) is 67.5 Å². The van der Waals surface area contributed by atoms with Crippen LogP contribution in [0.4, 0.5) is 23.8 Å². The maximum Gasteiger partial charge on any atom is 0.509 e. The number of nitrogens with one attached hydrogen (secondary N) is 2. The lowest BCUT2D eigenvalue weighted by Gasteiger charge is -2.22. The minimum atomic E-state index is -3.86. The second kappa shape index (κ2) is 12.9. The molecule has 0 amide bonds. The van der Waals surface area contributed by atoms with Crippen LogP contribution in [0.1, 0.15) is 45.3 Å². The summed E-state index contributed by atoms with van der Waals surface area (Å²) in [4.78, 5) is 54.3. The smallest absolute Gasteiger partial charge is 0.429 e. The number of ether oxygens (including phenoxy) is 4. The first-order valence-corrected chi connectivity index (χ1v) is 14.2. The maximum atomic E-state index is 14.4. The van der Waals surface area contributed by atoms with Crippen LogP contribution in [0.2, 0.25) is 0 Å². The summed E-state index contributed by atoms with van der Waals surface area (Å²) in [6.45, 7) is 3.92. The quantitative estimate of drug-likeness (QED) is 0.213. The molecule has 0 aliphatic carbocycles. The third-order valence-corrected chi connectivity index (χ3v) is 7.10. The molecule has 5 heterocycles. The number of carbonyl (C=O) groups is 1. The van der Waals surface area contributed by atoms with Crippen molar-refractivity contribution in [2.75, 3.05) is 11.9 Å². The van der Waals surface area contributed by atoms with Crippen LogP contribution in [0.25, 0.3) is 0 Å². The standard InChI is InChI=1S/C26H31F3N8O10/c1-25(2,3)47-24(43)46-14-6-18(37-9-13(27)20(40)32-23(37)42)44-15(14)10-35-8-12(33-34-35)7-30-17-4-5-36(22(41)31-17)21-26(28,29)19(39)16(11-38)45-21/h4-5,8-9,14-16,18-19,21,38-39H,6-7,10-11H2,1-3H3,(H,30,31,41)(H,32,40,42)/t14-,15+,16+,18+,19+,21+/m0/s1. The van der Waals surface area contributed by atoms with Crippen molar-refractivity contribution < 1.29 is 47.1 Å². The topological polar surface area (TPSA) is 227 Å². The Morgan fingerprint density at radius 1 is 1.19 bits per heavy atom. The number of halogens is 3. The SMILES string of the molecule is CC(C)(C)OC(=O)O[C@H]1C[C@H](n2cc(F)c(=O)[nH]c2=O)O[C@@H]1Cn1cc(CNc2ccn([C@@H]3O[C@H](CO)[C@@H](O)C3(F)F)c(=O)n2)nn1. The molecule has 0 spiro atoms. The molecule has 3 aromatic heterocycles. The molecule has 3 aromatic rings. The highest BCUT2D eigenvalue weighted by molar-refractivity contribution is 5.60. The zero-order valence-electron chi connectivity index (χ0n) is 25.1. The Kier molecular flexibility index (Phi) is 9.26. The second-order valence-electron chi connectivity index (χ2n) is 11.7. The average Bonchev–Trinajstić information content (AvgIpc) is 3.65. The lowest BCUT2D eigenvalue weighted by atomic mass is 10.1. The predicted octanol–water partition coefficient (Wildman–Crippen LogP) is -0.370. The molecule has 18 nitrogen and oxygen atoms in total. The summed E-state index contributed by atoms with van der Waals surface area (Å²) >= 11 is 0. The van der Waals surface area contributed by atoms with Gasteiger partial charge in [-0.05, 0) is 26.8 Å². The van der Waals surface area contributed by atoms with Gasteiger partial charge in [-0.3, -0.25) is 18.9 Å². The molecule has 0 radical (unpaired) electrons. The summed E-state index contributed by atoms with van der Waals surface area (Å²) in [6.07, 6.45) is -7.10. The van der Waals surface area contributed by atoms with E-state index in [4.69, 9.17) is 24.1 Å². The van der Waals surface area contributed by atoms with E-state index in [2.05, 4.69) is 20.6 Å². The number of carbonyl (C=O) groups excluding carboxylic acids is 1. The van der Waals surface area contributed by atoms with Crippen molar-refractivity contribution >= 4 is 12.0 Å². The average molecular weight is 673 g/mol. The Bertz CT molecular complexity index is 1790. The first kappa shape index (κ1) is 33.8. The van der Waals surface area contributed by atoms with E-state index in [9.17, 15) is 37.5 Å². The number of aliphatic hydroxyl groups excluding tert-OH is 2. The van der Waals surface area contributed by atoms with E-state index in [1.807, 2.05) is 4.98 Å². The highest BCUT2D eigenvalue weighted by Gasteiger charge is 2.59. The third kappa shape index (κ3) is 7.37. The lowest BCUT2D eigenvalue weighted by molar-refractivity contribution is -0.140. The normalized spacial score (nSPS) is 25.5. The first-order chi connectivity index (χ1) is 22.0. The number of hydrogen-bond acceptors (Lipinski definition) is 14. The van der Waals surface area contributed by atoms with Gasteiger partial charge in [-0.2, -0.15) is 18.2 Å². The molecular formula is C26H31F3N8O10. The van der Waals surface area contributed by atoms with Crippen LogP contribution in [0.15, 0.2) is 39.0 Å². The van der Waals surface area contributed by atoms with Crippen LogP contribution in [0.5, 0.6) is 0 Å². The number of nitrogens with zero attached hydrogens (tertiary/aromatic N) is 6. The second-order valence-corrected chi connectivity index (χ2v) is 11.7. The largest absolute Gasteiger partial charge is 0.509 e. The van der Waals surface area contributed by atoms with Gasteiger partial charge < -0.3 is 34.5 Å². The van der Waals surface area contributed by atoms with Crippen molar-refractivity contribution in [1.82, 2.24) is 34.1 Å². The minimum Gasteiger partial charge on any atom is -0.429 e. The maximum absolute atomic E-state index is 14.4. The molecule has 0 aromatic carbocycles. The summed E-state index contributed by atoms with van der Waals surface area (Å²) in [5, 5.41) is 29.7. The van der Waals surface area contributed by atoms with E-state index in [1.54, 1.807) is 20.8 Å². The number of alkyl halides is 2. The Labute approximate surface area is 261 Å². The monoisotopic (exact) mass is 672 g/mol. The summed E-state index contributed by atoms with van der Waals surface area (Å²) in [5.41, 5.74) is -3.80. The Morgan fingerprint density at radius 3 is 2.60 bits per heavy atom. The number of aromatic nitrogens is 7. The van der Waals surface area contributed by atoms with Crippen LogP contribution in [0, 0.1) is 5.82 Å². The summed E-state index contributed by atoms with van der Waals surface area (Å²) in [7, 11) is 0. The minimum absolute atomic E-state index is 0.00672. The molecule has 0 unspecified atom stereocenters. The van der Waals surface area contributed by atoms with Gasteiger partial charge in [0.25, 0.3) is 5.56 Å². The van der Waals surface area contributed by atoms with E-state index in [1.165, 1.54) is 16.9 Å². The van der Waals surface area contributed by atoms with Crippen molar-refractivity contribution in [2.45, 2.75) is 88.7 Å². The van der Waals surface area contributed by atoms with Gasteiger partial charge in [0.05, 0.1) is 32.1 Å². The molecule has 2 saturated heterocycles. The predicted molar refractivity (Wildman–Crippen MR) is 149 cm³/mol. The summed E-state index contributed by atoms with van der Waals surface area (Å²) < 4.78 is 67.1. The van der Waals surface area contributed by atoms with Gasteiger partial charge in [-0.1, -0.05) is 5.21 Å². The fourth-order valence-electron chi connectivity index (χ4n) is 4.91. The van der Waals surface area contributed by atoms with E-state index in [0.29, 0.717) is 16.5 Å². The fourth-order valence-corrected chi connectivity index (χ4v) is 4.91. The van der Waals surface area contributed by atoms with Gasteiger partial charge >= 0.3 is 23.5 Å². The zero-order valence-corrected chi connectivity index (χ0v) is 25.1. The summed E-state index contributed by atoms with van der Waals surface area (Å²) in [5.74, 6) is -5.09. The van der Waals surface area contributed by atoms with E-state index in [-0.39, 0.29) is 25.3 Å². The van der Waals surface area contributed by atoms with Crippen LogP contribution < -0.4 is 22.3 Å². The van der Waals surface area contributed by atoms with Gasteiger partial charge in [0.2, 0.25) is 12.0 Å². The van der Waals surface area contributed by atoms with Gasteiger partial charge in [0.15, 0.2) is 6.10 Å². The van der Waals surface area contributed by atoms with E-state index >= 15 is 0 Å². The highest BCUT2D eigenvalue weighted by atomic mass is 19.3. The Hall–Kier alpha value is -4.60. The highest BCUT2D eigenvalue weighted by Crippen LogP contribution is 2.42. The first-order valence-electron chi connectivity index (χ1n) is 14.2. The van der Waals surface area contributed by atoms with E-state index in [0.717, 1.165) is 10.8 Å². The van der Waals surface area contributed by atoms with Crippen molar-refractivity contribution in [3.8, 4) is 0 Å². The molecular weight excluding hydrogens is 641 g/mol. The number of anilines is 1. The van der Waals surface area contributed by atoms with Gasteiger partial charge in [-0.25, -0.2) is 19.1 Å². The molecule has 6 atom stereocenters. The van der Waals surface area contributed by atoms with Crippen molar-refractivity contribution in [3.63, 3.8) is 0 Å². The Morgan fingerprint density at radius 2 is 1.94 bits per heavy atom. The summed E-state index contributed by atoms with van der Waals surface area (Å²) in [6, 6.07) is 1.22. The number of aromatic amines is 1. The van der Waals surface area contributed by atoms with Gasteiger partial charge in [-0.15, -0.1) is 5.10 Å². The molecule has 2 aliphatic rings. The number of aliphatic hydroxyl groups is 2. The van der Waals surface area contributed by atoms with E-state index < -0.39 is 83.9 Å². The van der Waals surface area contributed by atoms with Crippen LogP contribution in [-0.4, -0.2) is 93.0 Å². The number of hydrogen-bond donors (Lipinski definition) is 4. The molecule has 0 bridgehead atoms. The molecule has 5 rings (SSSR count). The molecule has 2 aliphatic heterocycles. The molecule has 2 fully saturated rings. The lowest BCUT2D eigenvalue weighted by Crippen LogP contribution is -2.41. The molecule has 47 heavy (non-hydrogen) atoms.